The number of hydrogen-bond acceptors (Lipinski definition) is 9. The lowest BCUT2D eigenvalue weighted by Crippen LogP contribution is -2.53. The highest BCUT2D eigenvalue weighted by molar-refractivity contribution is 7.85. The van der Waals surface area contributed by atoms with Gasteiger partial charge in [-0.2, -0.15) is 0 Å². The van der Waals surface area contributed by atoms with Gasteiger partial charge in [0.1, 0.15) is 22.0 Å². The van der Waals surface area contributed by atoms with Crippen LogP contribution in [0.5, 0.6) is 5.75 Å². The zero-order chi connectivity index (χ0) is 33.0. The number of aliphatic hydroxyl groups is 1. The minimum atomic E-state index is -4.27. The zero-order valence-electron chi connectivity index (χ0n) is 26.3. The average molecular weight is 684 g/mol. The van der Waals surface area contributed by atoms with Crippen molar-refractivity contribution in [1.29, 1.82) is 0 Å². The maximum Gasteiger partial charge on any atom is 0.349 e. The van der Waals surface area contributed by atoms with Gasteiger partial charge in [0.2, 0.25) is 5.60 Å². The van der Waals surface area contributed by atoms with Gasteiger partial charge in [0, 0.05) is 18.3 Å². The van der Waals surface area contributed by atoms with Gasteiger partial charge in [0.15, 0.2) is 0 Å². The summed E-state index contributed by atoms with van der Waals surface area (Å²) in [5.74, 6) is 1.24. The molecular weight excluding hydrogens is 643 g/mol. The molecule has 0 saturated heterocycles. The SMILES string of the molecule is C[N+](C)(CCCOc1ccccc1)C1C2CC[C@@H]1[C@H](OC(=O)C(O)(c1cccs1)c1cccs1)C2.Cc1ccc(S(=O)(=O)[O-])cc1. The molecule has 246 valence electrons. The second-order valence-corrected chi connectivity index (χ2v) is 15.9. The van der Waals surface area contributed by atoms with E-state index in [1.807, 2.05) is 72.3 Å². The number of carbonyl (C=O) groups is 1. The number of esters is 1. The van der Waals surface area contributed by atoms with E-state index < -0.39 is 21.7 Å². The highest BCUT2D eigenvalue weighted by Gasteiger charge is 2.58. The lowest BCUT2D eigenvalue weighted by molar-refractivity contribution is -0.919. The molecule has 46 heavy (non-hydrogen) atoms. The predicted octanol–water partition coefficient (Wildman–Crippen LogP) is 6.20. The number of thiophene rings is 2. The molecule has 2 aromatic heterocycles. The Morgan fingerprint density at radius 3 is 2.15 bits per heavy atom. The van der Waals surface area contributed by atoms with Crippen molar-refractivity contribution >= 4 is 38.8 Å². The molecule has 2 saturated carbocycles. The Morgan fingerprint density at radius 2 is 1.59 bits per heavy atom. The monoisotopic (exact) mass is 683 g/mol. The number of benzene rings is 2. The summed E-state index contributed by atoms with van der Waals surface area (Å²) in [5.41, 5.74) is -0.809. The van der Waals surface area contributed by atoms with Gasteiger partial charge in [-0.3, -0.25) is 0 Å². The number of carbonyl (C=O) groups excluding carboxylic acids is 1. The molecule has 0 spiro atoms. The molecule has 2 aliphatic rings. The van der Waals surface area contributed by atoms with E-state index in [2.05, 4.69) is 14.1 Å². The number of para-hydroxylation sites is 1. The van der Waals surface area contributed by atoms with E-state index >= 15 is 0 Å². The van der Waals surface area contributed by atoms with Crippen LogP contribution in [0.3, 0.4) is 0 Å². The normalized spacial score (nSPS) is 21.0. The first-order chi connectivity index (χ1) is 21.9. The first-order valence-electron chi connectivity index (χ1n) is 15.4. The van der Waals surface area contributed by atoms with Crippen LogP contribution in [0.25, 0.3) is 0 Å². The number of aryl methyl sites for hydroxylation is 1. The summed E-state index contributed by atoms with van der Waals surface area (Å²) in [5, 5.41) is 15.4. The zero-order valence-corrected chi connectivity index (χ0v) is 28.7. The van der Waals surface area contributed by atoms with Gasteiger partial charge in [-0.25, -0.2) is 13.2 Å². The van der Waals surface area contributed by atoms with Crippen molar-refractivity contribution in [1.82, 2.24) is 0 Å². The Kier molecular flexibility index (Phi) is 10.7. The molecule has 1 N–H and O–H groups in total. The number of quaternary nitrogens is 1. The topological polar surface area (TPSA) is 113 Å². The molecule has 0 radical (unpaired) electrons. The molecule has 0 amide bonds. The van der Waals surface area contributed by atoms with Crippen LogP contribution < -0.4 is 4.74 Å². The maximum absolute atomic E-state index is 13.5. The van der Waals surface area contributed by atoms with Gasteiger partial charge in [0.05, 0.1) is 47.9 Å². The van der Waals surface area contributed by atoms with Gasteiger partial charge >= 0.3 is 5.97 Å². The standard InChI is InChI=1S/C28H34NO4S2.C7H8O3S/c1-29(2,15-8-16-32-21-9-4-3-5-10-21)26-20-13-14-22(26)23(19-20)33-27(30)28(31,24-11-6-17-34-24)25-12-7-18-35-25;1-6-2-4-7(5-3-6)11(8,9)10/h3-7,9-12,17-18,20,22-23,26,31H,8,13-16,19H2,1-2H3;2-5H,1H3,(H,8,9,10)/q+1;/p-1/t20?,22-,23-,26?;/m1./s1. The molecule has 0 aliphatic heterocycles. The third kappa shape index (κ3) is 7.73. The van der Waals surface area contributed by atoms with Crippen LogP contribution >= 0.6 is 22.7 Å². The summed E-state index contributed by atoms with van der Waals surface area (Å²) in [6.07, 6.45) is 3.97. The van der Waals surface area contributed by atoms with E-state index in [-0.39, 0.29) is 11.0 Å². The molecule has 2 fully saturated rings. The number of nitrogens with zero attached hydrogens (tertiary/aromatic N) is 1. The van der Waals surface area contributed by atoms with E-state index in [4.69, 9.17) is 9.47 Å². The molecule has 2 unspecified atom stereocenters. The van der Waals surface area contributed by atoms with Crippen LogP contribution in [0.1, 0.15) is 41.0 Å². The van der Waals surface area contributed by atoms with Gasteiger partial charge in [-0.1, -0.05) is 48.0 Å². The smallest absolute Gasteiger partial charge is 0.349 e. The van der Waals surface area contributed by atoms with Crippen LogP contribution in [-0.4, -0.2) is 67.9 Å². The number of rotatable bonds is 11. The van der Waals surface area contributed by atoms with Crippen LogP contribution in [0, 0.1) is 18.8 Å². The second-order valence-electron chi connectivity index (χ2n) is 12.6. The second kappa shape index (κ2) is 14.4. The van der Waals surface area contributed by atoms with Crippen LogP contribution in [-0.2, 0) is 25.3 Å². The summed E-state index contributed by atoms with van der Waals surface area (Å²) in [7, 11) is 0.334. The predicted molar refractivity (Wildman–Crippen MR) is 179 cm³/mol. The molecular formula is C35H41NO7S3. The minimum absolute atomic E-state index is 0.143. The summed E-state index contributed by atoms with van der Waals surface area (Å²) < 4.78 is 44.1. The van der Waals surface area contributed by atoms with Crippen molar-refractivity contribution in [2.75, 3.05) is 27.2 Å². The third-order valence-corrected chi connectivity index (χ3v) is 11.9. The summed E-state index contributed by atoms with van der Waals surface area (Å²) >= 11 is 2.77. The van der Waals surface area contributed by atoms with Crippen LogP contribution in [0.2, 0.25) is 0 Å². The molecule has 2 aromatic carbocycles. The Hall–Kier alpha value is -3.06. The van der Waals surface area contributed by atoms with Gasteiger partial charge in [0.25, 0.3) is 0 Å². The van der Waals surface area contributed by atoms with Gasteiger partial charge in [-0.15, -0.1) is 22.7 Å². The highest BCUT2D eigenvalue weighted by Crippen LogP contribution is 2.51. The Balaban J connectivity index is 0.000000322. The lowest BCUT2D eigenvalue weighted by Gasteiger charge is -2.39. The fourth-order valence-electron chi connectivity index (χ4n) is 7.01. The average Bonchev–Trinajstić information content (AvgIpc) is 3.85. The molecule has 8 nitrogen and oxygen atoms in total. The van der Waals surface area contributed by atoms with Gasteiger partial charge < -0.3 is 23.6 Å². The first kappa shape index (κ1) is 34.3. The molecule has 6 rings (SSSR count). The van der Waals surface area contributed by atoms with E-state index in [0.29, 0.717) is 34.2 Å². The highest BCUT2D eigenvalue weighted by atomic mass is 32.2. The fourth-order valence-corrected chi connectivity index (χ4v) is 9.19. The van der Waals surface area contributed by atoms with Gasteiger partial charge in [-0.05, 0) is 73.3 Å². The van der Waals surface area contributed by atoms with E-state index in [1.54, 1.807) is 12.1 Å². The first-order valence-corrected chi connectivity index (χ1v) is 18.6. The summed E-state index contributed by atoms with van der Waals surface area (Å²) in [4.78, 5) is 14.6. The molecule has 2 heterocycles. The summed E-state index contributed by atoms with van der Waals surface area (Å²) in [6.45, 7) is 3.53. The fraction of sp³-hybridized carbons (Fsp3) is 0.400. The third-order valence-electron chi connectivity index (χ3n) is 9.12. The number of ether oxygens (including phenoxy) is 2. The van der Waals surface area contributed by atoms with Crippen molar-refractivity contribution in [3.05, 3.63) is 105 Å². The van der Waals surface area contributed by atoms with Crippen molar-refractivity contribution in [3.8, 4) is 5.75 Å². The van der Waals surface area contributed by atoms with Crippen molar-refractivity contribution in [2.24, 2.45) is 11.8 Å². The quantitative estimate of drug-likeness (QED) is 0.0867. The van der Waals surface area contributed by atoms with Crippen LogP contribution in [0.15, 0.2) is 94.5 Å². The van der Waals surface area contributed by atoms with Crippen molar-refractivity contribution in [3.63, 3.8) is 0 Å². The largest absolute Gasteiger partial charge is 0.744 e. The molecule has 4 atom stereocenters. The Labute approximate surface area is 279 Å². The molecule has 4 aromatic rings. The van der Waals surface area contributed by atoms with E-state index in [1.165, 1.54) is 41.2 Å². The van der Waals surface area contributed by atoms with Crippen molar-refractivity contribution < 1.29 is 36.8 Å². The Morgan fingerprint density at radius 1 is 0.957 bits per heavy atom. The van der Waals surface area contributed by atoms with Crippen LogP contribution in [0.4, 0.5) is 0 Å². The lowest BCUT2D eigenvalue weighted by atomic mass is 9.96. The maximum atomic E-state index is 13.5. The molecule has 2 bridgehead atoms. The molecule has 2 aliphatic carbocycles. The number of hydrogen-bond donors (Lipinski definition) is 1. The van der Waals surface area contributed by atoms with Crippen molar-refractivity contribution in [2.45, 2.75) is 55.2 Å². The summed E-state index contributed by atoms with van der Waals surface area (Å²) in [6, 6.07) is 23.5. The number of fused-ring (bicyclic) bond motifs is 2. The molecule has 11 heteroatoms. The van der Waals surface area contributed by atoms with E-state index in [0.717, 1.165) is 41.6 Å². The Bertz CT molecular complexity index is 1620. The minimum Gasteiger partial charge on any atom is -0.744 e. The van der Waals surface area contributed by atoms with E-state index in [9.17, 15) is 22.9 Å².